The summed E-state index contributed by atoms with van der Waals surface area (Å²) in [6, 6.07) is 14.4. The number of nitrogens with zero attached hydrogens (tertiary/aromatic N) is 3. The molecular weight excluding hydrogens is 406 g/mol. The molecule has 0 bridgehead atoms. The fraction of sp³-hybridized carbons (Fsp3) is 0.238. The summed E-state index contributed by atoms with van der Waals surface area (Å²) in [7, 11) is 0. The van der Waals surface area contributed by atoms with Gasteiger partial charge in [-0.05, 0) is 23.3 Å². The van der Waals surface area contributed by atoms with Gasteiger partial charge >= 0.3 is 6.01 Å². The molecule has 8 nitrogen and oxygen atoms in total. The van der Waals surface area contributed by atoms with Crippen LogP contribution in [0, 0.1) is 0 Å². The molecule has 0 spiro atoms. The molecule has 1 fully saturated rings. The maximum atomic E-state index is 13.1. The molecule has 1 aromatic heterocycles. The SMILES string of the molecule is NCc1ccc(COc2nc(C3CNC(=O)C3)nn2C(=O)c2ccccc2Cl)cc1. The van der Waals surface area contributed by atoms with Crippen LogP contribution in [-0.4, -0.2) is 33.1 Å². The van der Waals surface area contributed by atoms with E-state index in [-0.39, 0.29) is 36.4 Å². The van der Waals surface area contributed by atoms with E-state index in [0.29, 0.717) is 23.9 Å². The zero-order valence-electron chi connectivity index (χ0n) is 16.0. The van der Waals surface area contributed by atoms with Gasteiger partial charge in [-0.15, -0.1) is 9.78 Å². The van der Waals surface area contributed by atoms with E-state index in [1.807, 2.05) is 24.3 Å². The predicted molar refractivity (Wildman–Crippen MR) is 110 cm³/mol. The van der Waals surface area contributed by atoms with Gasteiger partial charge in [-0.2, -0.15) is 4.98 Å². The fourth-order valence-electron chi connectivity index (χ4n) is 3.17. The molecule has 30 heavy (non-hydrogen) atoms. The third kappa shape index (κ3) is 4.19. The van der Waals surface area contributed by atoms with Crippen LogP contribution in [0.3, 0.4) is 0 Å². The third-order valence-electron chi connectivity index (χ3n) is 4.86. The van der Waals surface area contributed by atoms with E-state index in [1.165, 1.54) is 0 Å². The summed E-state index contributed by atoms with van der Waals surface area (Å²) < 4.78 is 6.94. The standard InChI is InChI=1S/C21H20ClN5O3/c22-17-4-2-1-3-16(17)20(29)27-21(25-19(26-27)15-9-18(28)24-11-15)30-12-14-7-5-13(10-23)6-8-14/h1-8,15H,9-12,23H2,(H,24,28). The second-order valence-electron chi connectivity index (χ2n) is 6.96. The Balaban J connectivity index is 1.63. The second kappa shape index (κ2) is 8.64. The molecule has 9 heteroatoms. The quantitative estimate of drug-likeness (QED) is 0.626. The molecule has 0 saturated carbocycles. The van der Waals surface area contributed by atoms with E-state index in [1.54, 1.807) is 24.3 Å². The first-order valence-corrected chi connectivity index (χ1v) is 9.86. The number of hydrogen-bond donors (Lipinski definition) is 2. The Kier molecular flexibility index (Phi) is 5.78. The number of amides is 1. The summed E-state index contributed by atoms with van der Waals surface area (Å²) >= 11 is 6.19. The Morgan fingerprint density at radius 3 is 2.60 bits per heavy atom. The van der Waals surface area contributed by atoms with Crippen LogP contribution >= 0.6 is 11.6 Å². The van der Waals surface area contributed by atoms with Crippen LogP contribution in [0.15, 0.2) is 48.5 Å². The highest BCUT2D eigenvalue weighted by Crippen LogP contribution is 2.25. The Morgan fingerprint density at radius 1 is 1.20 bits per heavy atom. The third-order valence-corrected chi connectivity index (χ3v) is 5.19. The van der Waals surface area contributed by atoms with Gasteiger partial charge in [0.15, 0.2) is 5.82 Å². The number of halogens is 1. The van der Waals surface area contributed by atoms with Crippen molar-refractivity contribution in [3.8, 4) is 6.01 Å². The Bertz CT molecular complexity index is 1080. The zero-order valence-corrected chi connectivity index (χ0v) is 16.8. The number of ether oxygens (including phenoxy) is 1. The topological polar surface area (TPSA) is 112 Å². The molecule has 0 radical (unpaired) electrons. The zero-order chi connectivity index (χ0) is 21.1. The predicted octanol–water partition coefficient (Wildman–Crippen LogP) is 2.26. The number of aromatic nitrogens is 3. The first-order valence-electron chi connectivity index (χ1n) is 9.48. The van der Waals surface area contributed by atoms with Gasteiger partial charge in [0.05, 0.1) is 10.6 Å². The lowest BCUT2D eigenvalue weighted by Crippen LogP contribution is -2.17. The molecule has 1 amide bonds. The van der Waals surface area contributed by atoms with E-state index in [9.17, 15) is 9.59 Å². The summed E-state index contributed by atoms with van der Waals surface area (Å²) in [6.07, 6.45) is 0.268. The van der Waals surface area contributed by atoms with Crippen molar-refractivity contribution >= 4 is 23.4 Å². The lowest BCUT2D eigenvalue weighted by Gasteiger charge is -2.08. The Labute approximate surface area is 178 Å². The number of nitrogens with one attached hydrogen (secondary N) is 1. The summed E-state index contributed by atoms with van der Waals surface area (Å²) in [5.74, 6) is -0.368. The highest BCUT2D eigenvalue weighted by atomic mass is 35.5. The van der Waals surface area contributed by atoms with E-state index in [2.05, 4.69) is 15.4 Å². The minimum Gasteiger partial charge on any atom is -0.458 e. The van der Waals surface area contributed by atoms with Gasteiger partial charge in [-0.3, -0.25) is 9.59 Å². The lowest BCUT2D eigenvalue weighted by atomic mass is 10.1. The van der Waals surface area contributed by atoms with Gasteiger partial charge in [0, 0.05) is 25.4 Å². The average Bonchev–Trinajstić information content (AvgIpc) is 3.39. The monoisotopic (exact) mass is 425 g/mol. The molecule has 4 rings (SSSR count). The van der Waals surface area contributed by atoms with E-state index < -0.39 is 5.91 Å². The normalized spacial score (nSPS) is 15.8. The minimum atomic E-state index is -0.454. The van der Waals surface area contributed by atoms with Crippen LogP contribution in [0.2, 0.25) is 5.02 Å². The van der Waals surface area contributed by atoms with Crippen LogP contribution in [0.4, 0.5) is 0 Å². The second-order valence-corrected chi connectivity index (χ2v) is 7.37. The Hall–Kier alpha value is -3.23. The van der Waals surface area contributed by atoms with Gasteiger partial charge in [-0.25, -0.2) is 0 Å². The maximum Gasteiger partial charge on any atom is 0.323 e. The first-order chi connectivity index (χ1) is 14.5. The van der Waals surface area contributed by atoms with Crippen molar-refractivity contribution < 1.29 is 14.3 Å². The van der Waals surface area contributed by atoms with E-state index >= 15 is 0 Å². The number of benzene rings is 2. The molecular formula is C21H20ClN5O3. The molecule has 2 heterocycles. The van der Waals surface area contributed by atoms with Gasteiger partial charge in [0.1, 0.15) is 6.61 Å². The van der Waals surface area contributed by atoms with Crippen molar-refractivity contribution in [2.24, 2.45) is 5.73 Å². The van der Waals surface area contributed by atoms with Crippen LogP contribution in [-0.2, 0) is 17.9 Å². The van der Waals surface area contributed by atoms with Crippen molar-refractivity contribution in [2.75, 3.05) is 6.54 Å². The fourth-order valence-corrected chi connectivity index (χ4v) is 3.38. The first kappa shape index (κ1) is 20.1. The van der Waals surface area contributed by atoms with Crippen molar-refractivity contribution in [3.63, 3.8) is 0 Å². The summed E-state index contributed by atoms with van der Waals surface area (Å²) in [4.78, 5) is 29.1. The highest BCUT2D eigenvalue weighted by Gasteiger charge is 2.30. The molecule has 2 aromatic carbocycles. The van der Waals surface area contributed by atoms with Crippen LogP contribution in [0.25, 0.3) is 0 Å². The van der Waals surface area contributed by atoms with E-state index in [4.69, 9.17) is 22.1 Å². The summed E-state index contributed by atoms with van der Waals surface area (Å²) in [5.41, 5.74) is 7.82. The highest BCUT2D eigenvalue weighted by molar-refractivity contribution is 6.33. The summed E-state index contributed by atoms with van der Waals surface area (Å²) in [6.45, 7) is 1.07. The minimum absolute atomic E-state index is 0.0529. The molecule has 3 N–H and O–H groups in total. The number of hydrogen-bond acceptors (Lipinski definition) is 6. The molecule has 1 saturated heterocycles. The van der Waals surface area contributed by atoms with Gasteiger partial charge in [-0.1, -0.05) is 48.0 Å². The number of carbonyl (C=O) groups excluding carboxylic acids is 2. The van der Waals surface area contributed by atoms with Crippen LogP contribution in [0.5, 0.6) is 6.01 Å². The van der Waals surface area contributed by atoms with Gasteiger partial charge in [0.25, 0.3) is 5.91 Å². The molecule has 154 valence electrons. The van der Waals surface area contributed by atoms with Crippen molar-refractivity contribution in [1.29, 1.82) is 0 Å². The molecule has 3 aromatic rings. The number of nitrogens with two attached hydrogens (primary N) is 1. The molecule has 0 aliphatic carbocycles. The number of rotatable bonds is 6. The maximum absolute atomic E-state index is 13.1. The molecule has 1 aliphatic heterocycles. The van der Waals surface area contributed by atoms with Crippen molar-refractivity contribution in [2.45, 2.75) is 25.5 Å². The smallest absolute Gasteiger partial charge is 0.323 e. The summed E-state index contributed by atoms with van der Waals surface area (Å²) in [5, 5.41) is 7.40. The number of carbonyl (C=O) groups is 2. The van der Waals surface area contributed by atoms with Gasteiger partial charge in [0.2, 0.25) is 5.91 Å². The molecule has 1 unspecified atom stereocenters. The lowest BCUT2D eigenvalue weighted by molar-refractivity contribution is -0.119. The molecule has 1 aliphatic rings. The van der Waals surface area contributed by atoms with Gasteiger partial charge < -0.3 is 15.8 Å². The average molecular weight is 426 g/mol. The van der Waals surface area contributed by atoms with Crippen molar-refractivity contribution in [1.82, 2.24) is 20.1 Å². The van der Waals surface area contributed by atoms with Crippen molar-refractivity contribution in [3.05, 3.63) is 76.1 Å². The van der Waals surface area contributed by atoms with E-state index in [0.717, 1.165) is 15.8 Å². The van der Waals surface area contributed by atoms with Crippen LogP contribution < -0.4 is 15.8 Å². The van der Waals surface area contributed by atoms with Crippen LogP contribution in [0.1, 0.15) is 39.6 Å². The largest absolute Gasteiger partial charge is 0.458 e. The molecule has 1 atom stereocenters. The Morgan fingerprint density at radius 2 is 1.93 bits per heavy atom.